The molecule has 0 aliphatic rings. The van der Waals surface area contributed by atoms with Crippen molar-refractivity contribution in [2.45, 2.75) is 25.7 Å². The Kier molecular flexibility index (Phi) is 3.65. The molecule has 2 aromatic rings. The molecule has 0 saturated carbocycles. The minimum Gasteiger partial charge on any atom is -0.395 e. The van der Waals surface area contributed by atoms with Gasteiger partial charge in [0.05, 0.1) is 6.61 Å². The Hall–Kier alpha value is -1.12. The third-order valence-electron chi connectivity index (χ3n) is 3.31. The highest BCUT2D eigenvalue weighted by Gasteiger charge is 2.27. The molecule has 0 radical (unpaired) electrons. The van der Waals surface area contributed by atoms with Crippen LogP contribution in [0.3, 0.4) is 0 Å². The zero-order valence-electron chi connectivity index (χ0n) is 10.3. The molecular formula is C15H18OS. The van der Waals surface area contributed by atoms with E-state index in [0.29, 0.717) is 0 Å². The summed E-state index contributed by atoms with van der Waals surface area (Å²) < 4.78 is 0. The average Bonchev–Trinajstić information content (AvgIpc) is 2.86. The second-order valence-electron chi connectivity index (χ2n) is 4.80. The van der Waals surface area contributed by atoms with Gasteiger partial charge < -0.3 is 5.11 Å². The summed E-state index contributed by atoms with van der Waals surface area (Å²) in [5.41, 5.74) is 2.45. The summed E-state index contributed by atoms with van der Waals surface area (Å²) in [7, 11) is 0. The Balaban J connectivity index is 2.30. The second kappa shape index (κ2) is 5.03. The molecule has 1 atom stereocenters. The van der Waals surface area contributed by atoms with Gasteiger partial charge in [0, 0.05) is 10.3 Å². The minimum atomic E-state index is -0.166. The predicted octanol–water partition coefficient (Wildman–Crippen LogP) is 3.55. The van der Waals surface area contributed by atoms with Crippen molar-refractivity contribution in [3.05, 3.63) is 57.8 Å². The summed E-state index contributed by atoms with van der Waals surface area (Å²) in [6.45, 7) is 4.44. The molecule has 1 aromatic heterocycles. The van der Waals surface area contributed by atoms with Crippen LogP contribution < -0.4 is 0 Å². The molecule has 0 fully saturated rings. The SMILES string of the molecule is Cc1ccccc1CC(C)(CO)c1cccs1. The van der Waals surface area contributed by atoms with Gasteiger partial charge in [0.1, 0.15) is 0 Å². The normalized spacial score (nSPS) is 14.5. The van der Waals surface area contributed by atoms with E-state index in [1.165, 1.54) is 16.0 Å². The van der Waals surface area contributed by atoms with Crippen LogP contribution in [0.15, 0.2) is 41.8 Å². The van der Waals surface area contributed by atoms with E-state index in [1.807, 2.05) is 6.07 Å². The first-order chi connectivity index (χ1) is 8.15. The predicted molar refractivity (Wildman–Crippen MR) is 73.6 cm³/mol. The number of rotatable bonds is 4. The highest BCUT2D eigenvalue weighted by molar-refractivity contribution is 7.10. The Morgan fingerprint density at radius 3 is 2.53 bits per heavy atom. The second-order valence-corrected chi connectivity index (χ2v) is 5.75. The number of hydrogen-bond donors (Lipinski definition) is 1. The van der Waals surface area contributed by atoms with Gasteiger partial charge in [-0.15, -0.1) is 11.3 Å². The molecule has 1 N–H and O–H groups in total. The number of aryl methyl sites for hydroxylation is 1. The number of benzene rings is 1. The van der Waals surface area contributed by atoms with Crippen LogP contribution in [0.25, 0.3) is 0 Å². The Bertz CT molecular complexity index is 475. The van der Waals surface area contributed by atoms with E-state index in [1.54, 1.807) is 11.3 Å². The summed E-state index contributed by atoms with van der Waals surface area (Å²) in [6.07, 6.45) is 0.886. The third-order valence-corrected chi connectivity index (χ3v) is 4.48. The summed E-state index contributed by atoms with van der Waals surface area (Å²) in [4.78, 5) is 1.25. The van der Waals surface area contributed by atoms with Crippen molar-refractivity contribution >= 4 is 11.3 Å². The van der Waals surface area contributed by atoms with Gasteiger partial charge in [-0.2, -0.15) is 0 Å². The van der Waals surface area contributed by atoms with Crippen LogP contribution in [-0.4, -0.2) is 11.7 Å². The molecule has 17 heavy (non-hydrogen) atoms. The van der Waals surface area contributed by atoms with Crippen LogP contribution in [-0.2, 0) is 11.8 Å². The lowest BCUT2D eigenvalue weighted by molar-refractivity contribution is 0.207. The fourth-order valence-corrected chi connectivity index (χ4v) is 2.95. The molecule has 1 nitrogen and oxygen atoms in total. The standard InChI is InChI=1S/C15H18OS/c1-12-6-3-4-7-13(12)10-15(2,11-16)14-8-5-9-17-14/h3-9,16H,10-11H2,1-2H3. The molecule has 0 bridgehead atoms. The lowest BCUT2D eigenvalue weighted by Gasteiger charge is -2.27. The maximum atomic E-state index is 9.72. The first-order valence-electron chi connectivity index (χ1n) is 5.85. The van der Waals surface area contributed by atoms with Crippen molar-refractivity contribution < 1.29 is 5.11 Å². The molecular weight excluding hydrogens is 228 g/mol. The van der Waals surface area contributed by atoms with Crippen molar-refractivity contribution in [3.63, 3.8) is 0 Å². The molecule has 0 aliphatic carbocycles. The molecule has 0 amide bonds. The first kappa shape index (κ1) is 12.3. The number of thiophene rings is 1. The molecule has 0 aliphatic heterocycles. The van der Waals surface area contributed by atoms with Crippen molar-refractivity contribution in [1.29, 1.82) is 0 Å². The Labute approximate surface area is 107 Å². The number of hydrogen-bond acceptors (Lipinski definition) is 2. The minimum absolute atomic E-state index is 0.166. The van der Waals surface area contributed by atoms with Gasteiger partial charge in [-0.1, -0.05) is 37.3 Å². The summed E-state index contributed by atoms with van der Waals surface area (Å²) in [5, 5.41) is 11.8. The highest BCUT2D eigenvalue weighted by atomic mass is 32.1. The fourth-order valence-electron chi connectivity index (χ4n) is 2.07. The van der Waals surface area contributed by atoms with E-state index < -0.39 is 0 Å². The van der Waals surface area contributed by atoms with Gasteiger partial charge in [-0.3, -0.25) is 0 Å². The van der Waals surface area contributed by atoms with Gasteiger partial charge >= 0.3 is 0 Å². The summed E-state index contributed by atoms with van der Waals surface area (Å²) in [5.74, 6) is 0. The van der Waals surface area contributed by atoms with Crippen molar-refractivity contribution in [1.82, 2.24) is 0 Å². The van der Waals surface area contributed by atoms with Gasteiger partial charge in [0.2, 0.25) is 0 Å². The topological polar surface area (TPSA) is 20.2 Å². The molecule has 1 aromatic carbocycles. The third kappa shape index (κ3) is 2.59. The lowest BCUT2D eigenvalue weighted by atomic mass is 9.82. The van der Waals surface area contributed by atoms with E-state index in [9.17, 15) is 5.11 Å². The molecule has 0 saturated heterocycles. The molecule has 2 rings (SSSR count). The van der Waals surface area contributed by atoms with Crippen LogP contribution in [0.1, 0.15) is 22.9 Å². The van der Waals surface area contributed by atoms with Crippen molar-refractivity contribution in [2.75, 3.05) is 6.61 Å². The van der Waals surface area contributed by atoms with Crippen molar-refractivity contribution in [3.8, 4) is 0 Å². The van der Waals surface area contributed by atoms with Crippen LogP contribution in [0, 0.1) is 6.92 Å². The van der Waals surface area contributed by atoms with Gasteiger partial charge in [-0.05, 0) is 35.9 Å². The molecule has 1 unspecified atom stereocenters. The number of aliphatic hydroxyl groups excluding tert-OH is 1. The van der Waals surface area contributed by atoms with Gasteiger partial charge in [-0.25, -0.2) is 0 Å². The first-order valence-corrected chi connectivity index (χ1v) is 6.73. The molecule has 1 heterocycles. The molecule has 2 heteroatoms. The quantitative estimate of drug-likeness (QED) is 0.874. The zero-order chi connectivity index (χ0) is 12.3. The van der Waals surface area contributed by atoms with Gasteiger partial charge in [0.25, 0.3) is 0 Å². The smallest absolute Gasteiger partial charge is 0.0536 e. The fraction of sp³-hybridized carbons (Fsp3) is 0.333. The molecule has 0 spiro atoms. The average molecular weight is 246 g/mol. The zero-order valence-corrected chi connectivity index (χ0v) is 11.1. The van der Waals surface area contributed by atoms with Gasteiger partial charge in [0.15, 0.2) is 0 Å². The van der Waals surface area contributed by atoms with Crippen LogP contribution in [0.4, 0.5) is 0 Å². The largest absolute Gasteiger partial charge is 0.395 e. The summed E-state index contributed by atoms with van der Waals surface area (Å²) in [6, 6.07) is 12.6. The van der Waals surface area contributed by atoms with E-state index in [-0.39, 0.29) is 12.0 Å². The highest BCUT2D eigenvalue weighted by Crippen LogP contribution is 2.31. The number of aliphatic hydroxyl groups is 1. The van der Waals surface area contributed by atoms with E-state index in [4.69, 9.17) is 0 Å². The summed E-state index contributed by atoms with van der Waals surface area (Å²) >= 11 is 1.72. The maximum absolute atomic E-state index is 9.72. The maximum Gasteiger partial charge on any atom is 0.0536 e. The van der Waals surface area contributed by atoms with E-state index >= 15 is 0 Å². The van der Waals surface area contributed by atoms with Crippen LogP contribution in [0.5, 0.6) is 0 Å². The Morgan fingerprint density at radius 1 is 1.18 bits per heavy atom. The van der Waals surface area contributed by atoms with Crippen LogP contribution in [0.2, 0.25) is 0 Å². The van der Waals surface area contributed by atoms with E-state index in [2.05, 4.69) is 49.6 Å². The lowest BCUT2D eigenvalue weighted by Crippen LogP contribution is -2.28. The van der Waals surface area contributed by atoms with Crippen LogP contribution >= 0.6 is 11.3 Å². The van der Waals surface area contributed by atoms with Crippen molar-refractivity contribution in [2.24, 2.45) is 0 Å². The monoisotopic (exact) mass is 246 g/mol. The molecule has 90 valence electrons. The van der Waals surface area contributed by atoms with E-state index in [0.717, 1.165) is 6.42 Å². The Morgan fingerprint density at radius 2 is 1.94 bits per heavy atom.